The van der Waals surface area contributed by atoms with Gasteiger partial charge >= 0.3 is 5.97 Å². The Hall–Kier alpha value is -2.78. The molecule has 3 heterocycles. The number of amides is 2. The van der Waals surface area contributed by atoms with Gasteiger partial charge in [0, 0.05) is 30.4 Å². The average Bonchev–Trinajstić information content (AvgIpc) is 3.15. The van der Waals surface area contributed by atoms with Gasteiger partial charge in [0.25, 0.3) is 11.8 Å². The van der Waals surface area contributed by atoms with Gasteiger partial charge in [-0.1, -0.05) is 0 Å². The van der Waals surface area contributed by atoms with Gasteiger partial charge in [-0.05, 0) is 63.2 Å². The Morgan fingerprint density at radius 1 is 1.10 bits per heavy atom. The number of carbonyl (C=O) groups is 3. The van der Waals surface area contributed by atoms with Crippen LogP contribution in [0, 0.1) is 27.7 Å². The van der Waals surface area contributed by atoms with Crippen molar-refractivity contribution in [3.8, 4) is 5.00 Å². The van der Waals surface area contributed by atoms with Gasteiger partial charge in [-0.2, -0.15) is 0 Å². The fourth-order valence-electron chi connectivity index (χ4n) is 3.49. The first-order valence-electron chi connectivity index (χ1n) is 9.20. The van der Waals surface area contributed by atoms with Crippen LogP contribution >= 0.6 is 23.6 Å². The molecular formula is C21H23N3O4S2. The zero-order valence-electron chi connectivity index (χ0n) is 17.9. The molecular weight excluding hydrogens is 422 g/mol. The van der Waals surface area contributed by atoms with Gasteiger partial charge in [0.05, 0.1) is 12.7 Å². The molecule has 2 amide bonds. The van der Waals surface area contributed by atoms with E-state index in [0.29, 0.717) is 5.56 Å². The number of thiophene rings is 1. The first-order valence-corrected chi connectivity index (χ1v) is 10.4. The molecule has 9 heteroatoms. The molecule has 2 aromatic rings. The molecule has 30 heavy (non-hydrogen) atoms. The minimum atomic E-state index is -0.439. The molecule has 0 bridgehead atoms. The first-order chi connectivity index (χ1) is 14.0. The molecule has 1 aliphatic rings. The Morgan fingerprint density at radius 2 is 1.67 bits per heavy atom. The Balaban J connectivity index is 2.17. The Kier molecular flexibility index (Phi) is 5.70. The van der Waals surface area contributed by atoms with Crippen LogP contribution in [0.4, 0.5) is 0 Å². The molecule has 2 aromatic heterocycles. The van der Waals surface area contributed by atoms with E-state index in [-0.39, 0.29) is 10.7 Å². The van der Waals surface area contributed by atoms with E-state index in [9.17, 15) is 14.4 Å². The highest BCUT2D eigenvalue weighted by molar-refractivity contribution is 7.80. The zero-order valence-corrected chi connectivity index (χ0v) is 19.6. The van der Waals surface area contributed by atoms with Crippen molar-refractivity contribution in [1.82, 2.24) is 14.4 Å². The average molecular weight is 446 g/mol. The van der Waals surface area contributed by atoms with Crippen LogP contribution in [0.3, 0.4) is 0 Å². The van der Waals surface area contributed by atoms with Crippen LogP contribution in [-0.2, 0) is 14.3 Å². The van der Waals surface area contributed by atoms with Crippen molar-refractivity contribution in [2.24, 2.45) is 0 Å². The summed E-state index contributed by atoms with van der Waals surface area (Å²) in [6, 6.07) is 1.89. The zero-order chi connectivity index (χ0) is 22.5. The van der Waals surface area contributed by atoms with E-state index in [4.69, 9.17) is 17.0 Å². The van der Waals surface area contributed by atoms with Crippen molar-refractivity contribution in [1.29, 1.82) is 0 Å². The van der Waals surface area contributed by atoms with E-state index in [1.54, 1.807) is 20.2 Å². The molecule has 158 valence electrons. The lowest BCUT2D eigenvalue weighted by molar-refractivity contribution is -0.132. The van der Waals surface area contributed by atoms with Crippen LogP contribution in [-0.4, -0.2) is 58.5 Å². The molecule has 0 saturated carbocycles. The Morgan fingerprint density at radius 3 is 2.20 bits per heavy atom. The van der Waals surface area contributed by atoms with Gasteiger partial charge in [-0.25, -0.2) is 4.79 Å². The predicted octanol–water partition coefficient (Wildman–Crippen LogP) is 3.16. The number of carbonyl (C=O) groups excluding carboxylic acids is 3. The quantitative estimate of drug-likeness (QED) is 0.314. The number of thiocarbonyl (C=S) groups is 1. The molecule has 0 unspecified atom stereocenters. The smallest absolute Gasteiger partial charge is 0.341 e. The van der Waals surface area contributed by atoms with Crippen LogP contribution in [0.2, 0.25) is 0 Å². The number of methoxy groups -OCH3 is 1. The third-order valence-electron chi connectivity index (χ3n) is 5.37. The monoisotopic (exact) mass is 445 g/mol. The number of hydrogen-bond acceptors (Lipinski definition) is 6. The SMILES string of the molecule is COC(=O)c1c(-n2c(C)cc(C=C3C(=O)N(C)C(=S)N(C)C3=O)c2C)sc(C)c1C. The third kappa shape index (κ3) is 3.27. The number of aromatic nitrogens is 1. The van der Waals surface area contributed by atoms with Crippen molar-refractivity contribution in [3.63, 3.8) is 0 Å². The second kappa shape index (κ2) is 7.81. The summed E-state index contributed by atoms with van der Waals surface area (Å²) in [4.78, 5) is 41.3. The topological polar surface area (TPSA) is 71.8 Å². The number of ether oxygens (including phenoxy) is 1. The van der Waals surface area contributed by atoms with E-state index >= 15 is 0 Å². The number of esters is 1. The van der Waals surface area contributed by atoms with Gasteiger partial charge in [-0.3, -0.25) is 19.4 Å². The Bertz CT molecular complexity index is 1110. The summed E-state index contributed by atoms with van der Waals surface area (Å²) in [6.07, 6.45) is 1.59. The lowest BCUT2D eigenvalue weighted by Gasteiger charge is -2.31. The van der Waals surface area contributed by atoms with Crippen molar-refractivity contribution >= 4 is 52.5 Å². The molecule has 0 aliphatic carbocycles. The maximum atomic E-state index is 12.7. The third-order valence-corrected chi connectivity index (χ3v) is 7.11. The highest BCUT2D eigenvalue weighted by Gasteiger charge is 2.35. The number of likely N-dealkylation sites (N-methyl/N-ethyl adjacent to an activating group) is 2. The van der Waals surface area contributed by atoms with Crippen LogP contribution in [0.25, 0.3) is 11.1 Å². The first kappa shape index (κ1) is 21.9. The summed E-state index contributed by atoms with van der Waals surface area (Å²) in [6.45, 7) is 7.66. The predicted molar refractivity (Wildman–Crippen MR) is 120 cm³/mol. The molecule has 0 aromatic carbocycles. The van der Waals surface area contributed by atoms with Crippen molar-refractivity contribution in [2.75, 3.05) is 21.2 Å². The van der Waals surface area contributed by atoms with Gasteiger partial charge in [0.2, 0.25) is 0 Å². The summed E-state index contributed by atoms with van der Waals surface area (Å²) in [5.41, 5.74) is 3.85. The lowest BCUT2D eigenvalue weighted by atomic mass is 10.1. The number of aryl methyl sites for hydroxylation is 2. The van der Waals surface area contributed by atoms with E-state index < -0.39 is 17.8 Å². The van der Waals surface area contributed by atoms with Crippen LogP contribution in [0.15, 0.2) is 11.6 Å². The van der Waals surface area contributed by atoms with Gasteiger partial charge in [-0.15, -0.1) is 11.3 Å². The molecule has 7 nitrogen and oxygen atoms in total. The second-order valence-electron chi connectivity index (χ2n) is 7.19. The van der Waals surface area contributed by atoms with Gasteiger partial charge < -0.3 is 9.30 Å². The van der Waals surface area contributed by atoms with E-state index in [1.807, 2.05) is 38.3 Å². The largest absolute Gasteiger partial charge is 0.465 e. The van der Waals surface area contributed by atoms with Crippen LogP contribution in [0.1, 0.15) is 37.7 Å². The minimum Gasteiger partial charge on any atom is -0.465 e. The lowest BCUT2D eigenvalue weighted by Crippen LogP contribution is -2.52. The molecule has 1 fully saturated rings. The molecule has 0 N–H and O–H groups in total. The standard InChI is InChI=1S/C21H23N3O4S2/c1-10-8-14(9-15-17(25)22(5)21(29)23(6)18(15)26)12(3)24(10)19-16(20(27)28-7)11(2)13(4)30-19/h8-9H,1-7H3. The molecule has 3 rings (SSSR count). The fourth-order valence-corrected chi connectivity index (χ4v) is 4.91. The molecule has 1 saturated heterocycles. The van der Waals surface area contributed by atoms with Crippen molar-refractivity contribution in [3.05, 3.63) is 44.6 Å². The summed E-state index contributed by atoms with van der Waals surface area (Å²) < 4.78 is 6.95. The van der Waals surface area contributed by atoms with E-state index in [1.165, 1.54) is 28.2 Å². The fraction of sp³-hybridized carbons (Fsp3) is 0.333. The maximum absolute atomic E-state index is 12.7. The molecule has 0 atom stereocenters. The van der Waals surface area contributed by atoms with Crippen LogP contribution in [0.5, 0.6) is 0 Å². The van der Waals surface area contributed by atoms with Crippen molar-refractivity contribution < 1.29 is 19.1 Å². The normalized spacial score (nSPS) is 14.6. The summed E-state index contributed by atoms with van der Waals surface area (Å²) in [5.74, 6) is -1.27. The van der Waals surface area contributed by atoms with Crippen LogP contribution < -0.4 is 0 Å². The highest BCUT2D eigenvalue weighted by atomic mass is 32.1. The number of rotatable bonds is 3. The highest BCUT2D eigenvalue weighted by Crippen LogP contribution is 2.35. The molecule has 0 radical (unpaired) electrons. The molecule has 1 aliphatic heterocycles. The second-order valence-corrected chi connectivity index (χ2v) is 8.75. The maximum Gasteiger partial charge on any atom is 0.341 e. The Labute approximate surface area is 184 Å². The summed E-state index contributed by atoms with van der Waals surface area (Å²) >= 11 is 6.64. The minimum absolute atomic E-state index is 0.0422. The summed E-state index contributed by atoms with van der Waals surface area (Å²) in [7, 11) is 4.45. The van der Waals surface area contributed by atoms with Gasteiger partial charge in [0.1, 0.15) is 10.6 Å². The van der Waals surface area contributed by atoms with E-state index in [2.05, 4.69) is 0 Å². The molecule has 0 spiro atoms. The van der Waals surface area contributed by atoms with Crippen molar-refractivity contribution in [2.45, 2.75) is 27.7 Å². The number of nitrogens with zero attached hydrogens (tertiary/aromatic N) is 3. The van der Waals surface area contributed by atoms with E-state index in [0.717, 1.165) is 32.4 Å². The van der Waals surface area contributed by atoms with Gasteiger partial charge in [0.15, 0.2) is 5.11 Å². The summed E-state index contributed by atoms with van der Waals surface area (Å²) in [5, 5.41) is 0.924. The number of hydrogen-bond donors (Lipinski definition) is 0.